The van der Waals surface area contributed by atoms with Crippen molar-refractivity contribution in [3.8, 4) is 0 Å². The van der Waals surface area contributed by atoms with Crippen LogP contribution in [0.15, 0.2) is 5.18 Å². The number of nitroso groups, excluding NO2 is 1. The van der Waals surface area contributed by atoms with Crippen molar-refractivity contribution in [2.75, 3.05) is 13.7 Å². The monoisotopic (exact) mass is 215 g/mol. The molecule has 0 heterocycles. The molecular formula is C11H21NO3. The van der Waals surface area contributed by atoms with Crippen LogP contribution in [0.3, 0.4) is 0 Å². The van der Waals surface area contributed by atoms with Gasteiger partial charge in [-0.15, -0.1) is 0 Å². The summed E-state index contributed by atoms with van der Waals surface area (Å²) < 4.78 is 4.71. The molecule has 0 unspecified atom stereocenters. The Morgan fingerprint density at radius 3 is 2.20 bits per heavy atom. The van der Waals surface area contributed by atoms with E-state index in [4.69, 9.17) is 4.74 Å². The van der Waals surface area contributed by atoms with Gasteiger partial charge in [0, 0.05) is 0 Å². The van der Waals surface area contributed by atoms with E-state index in [2.05, 4.69) is 5.18 Å². The van der Waals surface area contributed by atoms with Crippen LogP contribution in [0.25, 0.3) is 0 Å². The van der Waals surface area contributed by atoms with Crippen LogP contribution in [0.5, 0.6) is 0 Å². The predicted molar refractivity (Wildman–Crippen MR) is 59.5 cm³/mol. The van der Waals surface area contributed by atoms with Crippen LogP contribution in [-0.2, 0) is 9.53 Å². The first-order valence-corrected chi connectivity index (χ1v) is 5.63. The summed E-state index contributed by atoms with van der Waals surface area (Å²) in [5, 5.41) is 2.85. The molecule has 0 bridgehead atoms. The van der Waals surface area contributed by atoms with Crippen LogP contribution in [0, 0.1) is 10.3 Å². The highest BCUT2D eigenvalue weighted by Crippen LogP contribution is 2.37. The first kappa shape index (κ1) is 14.1. The standard InChI is InChI=1S/C9H15NO3.C2H6/c1-13-8(11)9(7-10-12)5-3-2-4-6-9;1-2/h2-7H2,1H3;1-2H3. The van der Waals surface area contributed by atoms with Crippen molar-refractivity contribution in [3.05, 3.63) is 4.91 Å². The zero-order valence-corrected chi connectivity index (χ0v) is 9.91. The molecule has 0 spiro atoms. The third-order valence-electron chi connectivity index (χ3n) is 2.80. The molecule has 0 aromatic carbocycles. The van der Waals surface area contributed by atoms with Crippen molar-refractivity contribution in [2.45, 2.75) is 46.0 Å². The molecule has 88 valence electrons. The molecular weight excluding hydrogens is 194 g/mol. The smallest absolute Gasteiger partial charge is 0.313 e. The van der Waals surface area contributed by atoms with Crippen LogP contribution in [0.1, 0.15) is 46.0 Å². The van der Waals surface area contributed by atoms with Gasteiger partial charge < -0.3 is 4.74 Å². The van der Waals surface area contributed by atoms with Crippen LogP contribution in [-0.4, -0.2) is 19.6 Å². The Balaban J connectivity index is 0.000000921. The van der Waals surface area contributed by atoms with Gasteiger partial charge in [0.25, 0.3) is 0 Å². The molecule has 4 nitrogen and oxygen atoms in total. The molecule has 15 heavy (non-hydrogen) atoms. The van der Waals surface area contributed by atoms with E-state index < -0.39 is 5.41 Å². The minimum atomic E-state index is -0.602. The molecule has 0 aliphatic heterocycles. The number of carbonyl (C=O) groups excluding carboxylic acids is 1. The van der Waals surface area contributed by atoms with E-state index >= 15 is 0 Å². The number of esters is 1. The van der Waals surface area contributed by atoms with Crippen molar-refractivity contribution >= 4 is 5.97 Å². The molecule has 0 atom stereocenters. The Labute approximate surface area is 91.4 Å². The fourth-order valence-corrected chi connectivity index (χ4v) is 2.00. The van der Waals surface area contributed by atoms with Crippen molar-refractivity contribution in [2.24, 2.45) is 10.6 Å². The van der Waals surface area contributed by atoms with Gasteiger partial charge in [0.05, 0.1) is 19.1 Å². The zero-order chi connectivity index (χ0) is 11.7. The second-order valence-corrected chi connectivity index (χ2v) is 3.62. The molecule has 1 aliphatic carbocycles. The fourth-order valence-electron chi connectivity index (χ4n) is 2.00. The number of rotatable bonds is 3. The molecule has 1 rings (SSSR count). The highest BCUT2D eigenvalue weighted by Gasteiger charge is 2.40. The highest BCUT2D eigenvalue weighted by atomic mass is 16.5. The average molecular weight is 215 g/mol. The molecule has 1 fully saturated rings. The van der Waals surface area contributed by atoms with Gasteiger partial charge in [0.2, 0.25) is 0 Å². The van der Waals surface area contributed by atoms with E-state index in [0.29, 0.717) is 0 Å². The summed E-state index contributed by atoms with van der Waals surface area (Å²) >= 11 is 0. The van der Waals surface area contributed by atoms with Gasteiger partial charge in [-0.25, -0.2) is 0 Å². The van der Waals surface area contributed by atoms with E-state index in [-0.39, 0.29) is 12.5 Å². The van der Waals surface area contributed by atoms with Gasteiger partial charge in [-0.2, -0.15) is 4.91 Å². The lowest BCUT2D eigenvalue weighted by Gasteiger charge is -2.31. The molecule has 1 aliphatic rings. The number of ether oxygens (including phenoxy) is 1. The normalized spacial score (nSPS) is 18.3. The molecule has 4 heteroatoms. The molecule has 0 radical (unpaired) electrons. The summed E-state index contributed by atoms with van der Waals surface area (Å²) in [6, 6.07) is 0. The molecule has 0 aromatic heterocycles. The largest absolute Gasteiger partial charge is 0.469 e. The predicted octanol–water partition coefficient (Wildman–Crippen LogP) is 2.90. The van der Waals surface area contributed by atoms with Crippen LogP contribution in [0.2, 0.25) is 0 Å². The minimum Gasteiger partial charge on any atom is -0.469 e. The van der Waals surface area contributed by atoms with Crippen LogP contribution in [0.4, 0.5) is 0 Å². The van der Waals surface area contributed by atoms with Crippen LogP contribution < -0.4 is 0 Å². The molecule has 0 saturated heterocycles. The topological polar surface area (TPSA) is 55.7 Å². The summed E-state index contributed by atoms with van der Waals surface area (Å²) in [7, 11) is 1.36. The summed E-state index contributed by atoms with van der Waals surface area (Å²) in [6.45, 7) is 4.07. The lowest BCUT2D eigenvalue weighted by Crippen LogP contribution is -2.37. The first-order valence-electron chi connectivity index (χ1n) is 5.63. The number of methoxy groups -OCH3 is 1. The molecule has 1 saturated carbocycles. The lowest BCUT2D eigenvalue weighted by molar-refractivity contribution is -0.154. The van der Waals surface area contributed by atoms with Gasteiger partial charge in [-0.1, -0.05) is 38.3 Å². The summed E-state index contributed by atoms with van der Waals surface area (Å²) in [5.41, 5.74) is -0.602. The van der Waals surface area contributed by atoms with Crippen molar-refractivity contribution in [1.82, 2.24) is 0 Å². The Kier molecular flexibility index (Phi) is 6.92. The maximum atomic E-state index is 11.5. The Hall–Kier alpha value is -0.930. The summed E-state index contributed by atoms with van der Waals surface area (Å²) in [4.78, 5) is 21.7. The Morgan fingerprint density at radius 1 is 1.27 bits per heavy atom. The van der Waals surface area contributed by atoms with Gasteiger partial charge in [-0.05, 0) is 12.8 Å². The van der Waals surface area contributed by atoms with Gasteiger partial charge in [0.15, 0.2) is 0 Å². The maximum absolute atomic E-state index is 11.5. The van der Waals surface area contributed by atoms with Crippen molar-refractivity contribution in [1.29, 1.82) is 0 Å². The average Bonchev–Trinajstić information content (AvgIpc) is 2.32. The van der Waals surface area contributed by atoms with E-state index in [1.54, 1.807) is 0 Å². The maximum Gasteiger partial charge on any atom is 0.313 e. The second-order valence-electron chi connectivity index (χ2n) is 3.62. The molecule has 0 aromatic rings. The molecule has 0 amide bonds. The zero-order valence-electron chi connectivity index (χ0n) is 9.91. The van der Waals surface area contributed by atoms with Crippen LogP contribution >= 0.6 is 0 Å². The Morgan fingerprint density at radius 2 is 1.80 bits per heavy atom. The number of hydrogen-bond acceptors (Lipinski definition) is 4. The second kappa shape index (κ2) is 7.37. The highest BCUT2D eigenvalue weighted by molar-refractivity contribution is 5.77. The third-order valence-corrected chi connectivity index (χ3v) is 2.80. The first-order chi connectivity index (χ1) is 7.25. The Bertz CT molecular complexity index is 198. The number of hydrogen-bond donors (Lipinski definition) is 0. The number of nitrogens with zero attached hydrogens (tertiary/aromatic N) is 1. The quantitative estimate of drug-likeness (QED) is 0.537. The van der Waals surface area contributed by atoms with E-state index in [1.165, 1.54) is 7.11 Å². The number of carbonyl (C=O) groups is 1. The fraction of sp³-hybridized carbons (Fsp3) is 0.909. The SMILES string of the molecule is CC.COC(=O)C1(CN=O)CCCCC1. The summed E-state index contributed by atoms with van der Waals surface area (Å²) in [6.07, 6.45) is 4.60. The van der Waals surface area contributed by atoms with Crippen molar-refractivity contribution in [3.63, 3.8) is 0 Å². The third kappa shape index (κ3) is 3.61. The van der Waals surface area contributed by atoms with Gasteiger partial charge >= 0.3 is 5.97 Å². The summed E-state index contributed by atoms with van der Waals surface area (Å²) in [5.74, 6) is -0.271. The lowest BCUT2D eigenvalue weighted by atomic mass is 9.74. The van der Waals surface area contributed by atoms with Gasteiger partial charge in [0.1, 0.15) is 0 Å². The molecule has 0 N–H and O–H groups in total. The van der Waals surface area contributed by atoms with E-state index in [9.17, 15) is 9.70 Å². The van der Waals surface area contributed by atoms with E-state index in [1.807, 2.05) is 13.8 Å². The van der Waals surface area contributed by atoms with E-state index in [0.717, 1.165) is 32.1 Å². The van der Waals surface area contributed by atoms with Crippen molar-refractivity contribution < 1.29 is 9.53 Å². The van der Waals surface area contributed by atoms with Gasteiger partial charge in [-0.3, -0.25) is 4.79 Å². The minimum absolute atomic E-state index is 0.0691.